The van der Waals surface area contributed by atoms with E-state index in [1.807, 2.05) is 25.1 Å². The first-order valence-corrected chi connectivity index (χ1v) is 13.4. The fourth-order valence-electron chi connectivity index (χ4n) is 4.82. The van der Waals surface area contributed by atoms with Crippen LogP contribution in [-0.2, 0) is 6.54 Å². The van der Waals surface area contributed by atoms with Gasteiger partial charge in [0.25, 0.3) is 5.91 Å². The minimum Gasteiger partial charge on any atom is -0.489 e. The van der Waals surface area contributed by atoms with Crippen LogP contribution in [0.25, 0.3) is 16.6 Å². The molecule has 208 valence electrons. The first kappa shape index (κ1) is 27.1. The van der Waals surface area contributed by atoms with Crippen LogP contribution in [0.4, 0.5) is 5.82 Å². The molecule has 1 amide bonds. The second-order valence-corrected chi connectivity index (χ2v) is 11.1. The number of aromatic nitrogens is 5. The van der Waals surface area contributed by atoms with E-state index in [0.717, 1.165) is 49.4 Å². The molecule has 0 aliphatic carbocycles. The molecule has 11 heteroatoms. The summed E-state index contributed by atoms with van der Waals surface area (Å²) >= 11 is 0. The predicted octanol–water partition coefficient (Wildman–Crippen LogP) is 3.42. The number of hydrogen-bond acceptors (Lipinski definition) is 8. The van der Waals surface area contributed by atoms with Crippen LogP contribution in [0.3, 0.4) is 0 Å². The molecule has 0 aromatic carbocycles. The van der Waals surface area contributed by atoms with E-state index >= 15 is 0 Å². The third-order valence-electron chi connectivity index (χ3n) is 7.18. The average Bonchev–Trinajstić information content (AvgIpc) is 3.59. The van der Waals surface area contributed by atoms with Crippen LogP contribution in [0.15, 0.2) is 49.2 Å². The molecule has 11 nitrogen and oxygen atoms in total. The Kier molecular flexibility index (Phi) is 7.21. The molecule has 4 aromatic rings. The van der Waals surface area contributed by atoms with Gasteiger partial charge in [0.15, 0.2) is 0 Å². The minimum atomic E-state index is -0.994. The summed E-state index contributed by atoms with van der Waals surface area (Å²) in [6.45, 7) is 9.76. The number of pyridine rings is 2. The molecule has 0 bridgehead atoms. The van der Waals surface area contributed by atoms with Crippen molar-refractivity contribution in [3.63, 3.8) is 0 Å². The van der Waals surface area contributed by atoms with Gasteiger partial charge in [0.1, 0.15) is 24.2 Å². The molecule has 4 aromatic heterocycles. The smallest absolute Gasteiger partial charge is 0.254 e. The summed E-state index contributed by atoms with van der Waals surface area (Å²) in [6.07, 6.45) is 9.96. The average molecular weight is 543 g/mol. The van der Waals surface area contributed by atoms with Gasteiger partial charge in [-0.25, -0.2) is 9.50 Å². The maximum absolute atomic E-state index is 12.8. The molecule has 1 aliphatic rings. The Morgan fingerprint density at radius 2 is 1.98 bits per heavy atom. The molecule has 5 rings (SSSR count). The van der Waals surface area contributed by atoms with Crippen molar-refractivity contribution in [3.05, 3.63) is 60.3 Å². The Balaban J connectivity index is 1.31. The minimum absolute atomic E-state index is 0.102. The van der Waals surface area contributed by atoms with E-state index in [4.69, 9.17) is 9.72 Å². The van der Waals surface area contributed by atoms with Gasteiger partial charge in [-0.05, 0) is 58.7 Å². The van der Waals surface area contributed by atoms with Crippen molar-refractivity contribution >= 4 is 17.2 Å². The third-order valence-corrected chi connectivity index (χ3v) is 7.18. The summed E-state index contributed by atoms with van der Waals surface area (Å²) in [5.41, 5.74) is 1.97. The van der Waals surface area contributed by atoms with Gasteiger partial charge in [0, 0.05) is 48.7 Å². The second kappa shape index (κ2) is 10.6. The normalized spacial score (nSPS) is 15.2. The summed E-state index contributed by atoms with van der Waals surface area (Å²) < 4.78 is 9.19. The maximum atomic E-state index is 12.8. The first-order valence-electron chi connectivity index (χ1n) is 13.4. The van der Waals surface area contributed by atoms with E-state index in [2.05, 4.69) is 33.4 Å². The first-order chi connectivity index (χ1) is 19.1. The van der Waals surface area contributed by atoms with Gasteiger partial charge in [-0.3, -0.25) is 9.48 Å². The van der Waals surface area contributed by atoms with Crippen LogP contribution in [0, 0.1) is 11.3 Å². The number of carbonyl (C=O) groups excluding carboxylic acids is 1. The van der Waals surface area contributed by atoms with Gasteiger partial charge in [-0.1, -0.05) is 0 Å². The second-order valence-electron chi connectivity index (χ2n) is 11.1. The number of nitrogens with zero attached hydrogens (tertiary/aromatic N) is 7. The highest BCUT2D eigenvalue weighted by Crippen LogP contribution is 2.32. The van der Waals surface area contributed by atoms with Crippen molar-refractivity contribution in [2.24, 2.45) is 0 Å². The number of amides is 1. The lowest BCUT2D eigenvalue weighted by atomic mass is 9.89. The zero-order valence-corrected chi connectivity index (χ0v) is 23.3. The van der Waals surface area contributed by atoms with Crippen molar-refractivity contribution in [2.75, 3.05) is 24.6 Å². The topological polar surface area (TPSA) is 134 Å². The number of fused-ring (bicyclic) bond motifs is 1. The predicted molar refractivity (Wildman–Crippen MR) is 150 cm³/mol. The molecule has 0 spiro atoms. The number of aryl methyl sites for hydroxylation is 1. The number of nitrogens with one attached hydrogen (secondary N) is 1. The lowest BCUT2D eigenvalue weighted by Crippen LogP contribution is -2.53. The molecule has 0 saturated carbocycles. The van der Waals surface area contributed by atoms with Gasteiger partial charge < -0.3 is 20.1 Å². The molecule has 2 N–H and O–H groups in total. The number of aliphatic hydroxyl groups is 1. The Morgan fingerprint density at radius 1 is 1.20 bits per heavy atom. The van der Waals surface area contributed by atoms with E-state index in [9.17, 15) is 15.2 Å². The van der Waals surface area contributed by atoms with Crippen molar-refractivity contribution < 1.29 is 14.6 Å². The fourth-order valence-corrected chi connectivity index (χ4v) is 4.82. The highest BCUT2D eigenvalue weighted by molar-refractivity contribution is 5.94. The Hall–Kier alpha value is -4.43. The molecule has 40 heavy (non-hydrogen) atoms. The van der Waals surface area contributed by atoms with Crippen LogP contribution in [0.1, 0.15) is 56.5 Å². The van der Waals surface area contributed by atoms with E-state index in [-0.39, 0.29) is 18.1 Å². The van der Waals surface area contributed by atoms with E-state index in [1.165, 1.54) is 6.20 Å². The van der Waals surface area contributed by atoms with Crippen LogP contribution in [0.5, 0.6) is 5.75 Å². The molecular formula is C29H34N8O3. The zero-order valence-electron chi connectivity index (χ0n) is 23.3. The number of piperidine rings is 1. The van der Waals surface area contributed by atoms with Crippen LogP contribution in [-0.4, -0.2) is 66.2 Å². The van der Waals surface area contributed by atoms with E-state index < -0.39 is 5.60 Å². The largest absolute Gasteiger partial charge is 0.489 e. The van der Waals surface area contributed by atoms with Crippen molar-refractivity contribution in [1.82, 2.24) is 29.7 Å². The van der Waals surface area contributed by atoms with Gasteiger partial charge in [-0.2, -0.15) is 15.5 Å². The van der Waals surface area contributed by atoms with Gasteiger partial charge in [0.2, 0.25) is 0 Å². The Bertz CT molecular complexity index is 1550. The van der Waals surface area contributed by atoms with Crippen molar-refractivity contribution in [1.29, 1.82) is 5.26 Å². The quantitative estimate of drug-likeness (QED) is 0.346. The molecule has 1 fully saturated rings. The van der Waals surface area contributed by atoms with E-state index in [1.54, 1.807) is 47.8 Å². The van der Waals surface area contributed by atoms with Gasteiger partial charge in [0.05, 0.1) is 40.8 Å². The number of carbonyl (C=O) groups is 1. The molecule has 5 heterocycles. The summed E-state index contributed by atoms with van der Waals surface area (Å²) in [5.74, 6) is 1.27. The number of rotatable bonds is 8. The SMILES string of the molecule is CCn1cc(C(=O)NC2(C)CCN(c3ccc(-c4cc(OCC(C)(C)O)cn5ncc(C#N)c45)cn3)CC2)cn1. The molecule has 0 unspecified atom stereocenters. The molecule has 0 radical (unpaired) electrons. The highest BCUT2D eigenvalue weighted by Gasteiger charge is 2.32. The molecule has 1 aliphatic heterocycles. The molecule has 0 atom stereocenters. The maximum Gasteiger partial charge on any atom is 0.254 e. The molecular weight excluding hydrogens is 508 g/mol. The third kappa shape index (κ3) is 5.77. The van der Waals surface area contributed by atoms with Crippen molar-refractivity contribution in [2.45, 2.75) is 58.2 Å². The number of anilines is 1. The number of hydrogen-bond donors (Lipinski definition) is 2. The van der Waals surface area contributed by atoms with Crippen LogP contribution < -0.4 is 15.0 Å². The Labute approximate surface area is 233 Å². The number of nitriles is 1. The van der Waals surface area contributed by atoms with Gasteiger partial charge in [-0.15, -0.1) is 0 Å². The monoisotopic (exact) mass is 542 g/mol. The molecule has 1 saturated heterocycles. The van der Waals surface area contributed by atoms with Crippen molar-refractivity contribution in [3.8, 4) is 22.9 Å². The van der Waals surface area contributed by atoms with E-state index in [0.29, 0.717) is 22.4 Å². The fraction of sp³-hybridized carbons (Fsp3) is 0.414. The summed E-state index contributed by atoms with van der Waals surface area (Å²) in [4.78, 5) is 19.7. The lowest BCUT2D eigenvalue weighted by Gasteiger charge is -2.40. The summed E-state index contributed by atoms with van der Waals surface area (Å²) in [6, 6.07) is 8.00. The van der Waals surface area contributed by atoms with Gasteiger partial charge >= 0.3 is 0 Å². The van der Waals surface area contributed by atoms with Crippen LogP contribution >= 0.6 is 0 Å². The summed E-state index contributed by atoms with van der Waals surface area (Å²) in [5, 5.41) is 31.4. The Morgan fingerprint density at radius 3 is 2.60 bits per heavy atom. The van der Waals surface area contributed by atoms with Crippen LogP contribution in [0.2, 0.25) is 0 Å². The lowest BCUT2D eigenvalue weighted by molar-refractivity contribution is 0.0283. The zero-order chi connectivity index (χ0) is 28.5. The number of ether oxygens (including phenoxy) is 1. The standard InChI is InChI=1S/C29H34N8O3/c1-5-36-17-22(16-32-36)27(38)34-29(4)8-10-35(11-9-29)25-7-6-20(14-31-25)24-12-23(40-19-28(2,3)39)18-37-26(24)21(13-30)15-33-37/h6-7,12,14-18,39H,5,8-11,19H2,1-4H3,(H,34,38). The summed E-state index contributed by atoms with van der Waals surface area (Å²) in [7, 11) is 0. The highest BCUT2D eigenvalue weighted by atomic mass is 16.5.